The van der Waals surface area contributed by atoms with Crippen LogP contribution in [0.15, 0.2) is 12.3 Å². The molecule has 1 aromatic heterocycles. The van der Waals surface area contributed by atoms with E-state index in [1.54, 1.807) is 18.0 Å². The van der Waals surface area contributed by atoms with Crippen LogP contribution in [0.2, 0.25) is 0 Å². The molecule has 1 amide bonds. The summed E-state index contributed by atoms with van der Waals surface area (Å²) in [6, 6.07) is 1.82. The van der Waals surface area contributed by atoms with Gasteiger partial charge in [-0.15, -0.1) is 0 Å². The Hall–Kier alpha value is -1.36. The van der Waals surface area contributed by atoms with Crippen LogP contribution in [-0.4, -0.2) is 47.4 Å². The summed E-state index contributed by atoms with van der Waals surface area (Å²) >= 11 is 0. The number of carbonyl (C=O) groups is 1. The van der Waals surface area contributed by atoms with E-state index in [-0.39, 0.29) is 5.91 Å². The second kappa shape index (κ2) is 7.43. The largest absolute Gasteiger partial charge is 0.385 e. The third-order valence-corrected chi connectivity index (χ3v) is 4.00. The van der Waals surface area contributed by atoms with E-state index in [4.69, 9.17) is 4.74 Å². The Morgan fingerprint density at radius 3 is 3.15 bits per heavy atom. The second-order valence-electron chi connectivity index (χ2n) is 5.43. The Bertz CT molecular complexity index is 431. The second-order valence-corrected chi connectivity index (χ2v) is 5.43. The quantitative estimate of drug-likeness (QED) is 0.750. The molecule has 2 rings (SSSR count). The van der Waals surface area contributed by atoms with Gasteiger partial charge in [0.1, 0.15) is 5.69 Å². The normalized spacial score (nSPS) is 19.3. The molecule has 5 heteroatoms. The molecule has 1 fully saturated rings. The van der Waals surface area contributed by atoms with E-state index in [0.717, 1.165) is 45.5 Å². The van der Waals surface area contributed by atoms with Gasteiger partial charge in [0.05, 0.1) is 0 Å². The van der Waals surface area contributed by atoms with E-state index in [2.05, 4.69) is 5.10 Å². The van der Waals surface area contributed by atoms with E-state index < -0.39 is 0 Å². The van der Waals surface area contributed by atoms with Crippen molar-refractivity contribution in [2.45, 2.75) is 39.2 Å². The molecule has 5 nitrogen and oxygen atoms in total. The first-order valence-electron chi connectivity index (χ1n) is 7.56. The molecule has 20 heavy (non-hydrogen) atoms. The molecule has 1 aromatic rings. The van der Waals surface area contributed by atoms with Gasteiger partial charge < -0.3 is 9.64 Å². The van der Waals surface area contributed by atoms with Crippen LogP contribution < -0.4 is 0 Å². The lowest BCUT2D eigenvalue weighted by Crippen LogP contribution is -2.40. The lowest BCUT2D eigenvalue weighted by atomic mass is 9.93. The molecule has 0 N–H and O–H groups in total. The lowest BCUT2D eigenvalue weighted by Gasteiger charge is -2.32. The van der Waals surface area contributed by atoms with Gasteiger partial charge in [-0.2, -0.15) is 5.10 Å². The Morgan fingerprint density at radius 2 is 2.40 bits per heavy atom. The highest BCUT2D eigenvalue weighted by Crippen LogP contribution is 2.22. The van der Waals surface area contributed by atoms with Crippen LogP contribution in [0.3, 0.4) is 0 Å². The Balaban J connectivity index is 1.93. The van der Waals surface area contributed by atoms with E-state index in [1.165, 1.54) is 6.42 Å². The van der Waals surface area contributed by atoms with Crippen molar-refractivity contribution in [3.05, 3.63) is 18.0 Å². The average Bonchev–Trinajstić information content (AvgIpc) is 2.95. The van der Waals surface area contributed by atoms with Crippen molar-refractivity contribution >= 4 is 5.91 Å². The number of ether oxygens (including phenoxy) is 1. The number of piperidine rings is 1. The maximum Gasteiger partial charge on any atom is 0.272 e. The third kappa shape index (κ3) is 3.60. The van der Waals surface area contributed by atoms with Crippen molar-refractivity contribution in [3.8, 4) is 0 Å². The molecule has 2 heterocycles. The molecule has 0 aliphatic carbocycles. The van der Waals surface area contributed by atoms with E-state index in [1.807, 2.05) is 17.9 Å². The topological polar surface area (TPSA) is 47.4 Å². The van der Waals surface area contributed by atoms with Crippen LogP contribution in [0.1, 0.15) is 43.1 Å². The highest BCUT2D eigenvalue weighted by Gasteiger charge is 2.25. The molecular formula is C15H25N3O2. The molecule has 112 valence electrons. The highest BCUT2D eigenvalue weighted by atomic mass is 16.5. The monoisotopic (exact) mass is 279 g/mol. The molecular weight excluding hydrogens is 254 g/mol. The summed E-state index contributed by atoms with van der Waals surface area (Å²) in [7, 11) is 1.74. The van der Waals surface area contributed by atoms with Crippen molar-refractivity contribution in [2.24, 2.45) is 5.92 Å². The molecule has 1 aliphatic heterocycles. The first-order valence-corrected chi connectivity index (χ1v) is 7.56. The van der Waals surface area contributed by atoms with Gasteiger partial charge in [0, 0.05) is 39.5 Å². The van der Waals surface area contributed by atoms with Gasteiger partial charge in [0.25, 0.3) is 5.91 Å². The summed E-state index contributed by atoms with van der Waals surface area (Å²) in [5.74, 6) is 0.738. The third-order valence-electron chi connectivity index (χ3n) is 4.00. The van der Waals surface area contributed by atoms with Crippen LogP contribution in [0.5, 0.6) is 0 Å². The molecule has 0 saturated carbocycles. The highest BCUT2D eigenvalue weighted by molar-refractivity contribution is 5.92. The Labute approximate surface area is 120 Å². The van der Waals surface area contributed by atoms with Crippen molar-refractivity contribution in [3.63, 3.8) is 0 Å². The van der Waals surface area contributed by atoms with Gasteiger partial charge >= 0.3 is 0 Å². The van der Waals surface area contributed by atoms with Gasteiger partial charge in [-0.25, -0.2) is 0 Å². The number of likely N-dealkylation sites (tertiary alicyclic amines) is 1. The number of aromatic nitrogens is 2. The van der Waals surface area contributed by atoms with Crippen molar-refractivity contribution in [1.29, 1.82) is 0 Å². The van der Waals surface area contributed by atoms with Crippen LogP contribution in [-0.2, 0) is 11.3 Å². The minimum Gasteiger partial charge on any atom is -0.385 e. The van der Waals surface area contributed by atoms with Gasteiger partial charge in [-0.05, 0) is 44.6 Å². The zero-order valence-electron chi connectivity index (χ0n) is 12.5. The molecule has 1 aliphatic rings. The molecule has 0 aromatic carbocycles. The fourth-order valence-corrected chi connectivity index (χ4v) is 2.93. The van der Waals surface area contributed by atoms with Crippen LogP contribution in [0.4, 0.5) is 0 Å². The summed E-state index contributed by atoms with van der Waals surface area (Å²) in [6.07, 6.45) is 6.25. The first-order chi connectivity index (χ1) is 9.76. The van der Waals surface area contributed by atoms with Crippen LogP contribution >= 0.6 is 0 Å². The first kappa shape index (κ1) is 15.0. The van der Waals surface area contributed by atoms with Crippen LogP contribution in [0, 0.1) is 5.92 Å². The SMILES string of the molecule is CCn1nccc1C(=O)N1CCCC(CCCOC)C1. The minimum absolute atomic E-state index is 0.126. The Kier molecular flexibility index (Phi) is 5.59. The van der Waals surface area contributed by atoms with Gasteiger partial charge in [-0.1, -0.05) is 0 Å². The smallest absolute Gasteiger partial charge is 0.272 e. The van der Waals surface area contributed by atoms with E-state index in [0.29, 0.717) is 11.6 Å². The maximum atomic E-state index is 12.6. The molecule has 0 bridgehead atoms. The number of hydrogen-bond acceptors (Lipinski definition) is 3. The molecule has 0 radical (unpaired) electrons. The molecule has 1 unspecified atom stereocenters. The van der Waals surface area contributed by atoms with Crippen molar-refractivity contribution in [1.82, 2.24) is 14.7 Å². The number of rotatable bonds is 6. The summed E-state index contributed by atoms with van der Waals surface area (Å²) in [5, 5.41) is 4.18. The van der Waals surface area contributed by atoms with Gasteiger partial charge in [0.2, 0.25) is 0 Å². The maximum absolute atomic E-state index is 12.6. The number of aryl methyl sites for hydroxylation is 1. The molecule has 1 atom stereocenters. The van der Waals surface area contributed by atoms with Gasteiger partial charge in [0.15, 0.2) is 0 Å². The van der Waals surface area contributed by atoms with E-state index >= 15 is 0 Å². The summed E-state index contributed by atoms with van der Waals surface area (Å²) in [6.45, 7) is 5.30. The number of nitrogens with zero attached hydrogens (tertiary/aromatic N) is 3. The lowest BCUT2D eigenvalue weighted by molar-refractivity contribution is 0.0648. The standard InChI is InChI=1S/C15H25N3O2/c1-3-18-14(8-9-16-18)15(19)17-10-4-6-13(12-17)7-5-11-20-2/h8-9,13H,3-7,10-12H2,1-2H3. The predicted molar refractivity (Wildman–Crippen MR) is 77.6 cm³/mol. The number of methoxy groups -OCH3 is 1. The molecule has 0 spiro atoms. The zero-order chi connectivity index (χ0) is 14.4. The van der Waals surface area contributed by atoms with Crippen molar-refractivity contribution in [2.75, 3.05) is 26.8 Å². The molecule has 1 saturated heterocycles. The fourth-order valence-electron chi connectivity index (χ4n) is 2.93. The summed E-state index contributed by atoms with van der Waals surface area (Å²) < 4.78 is 6.88. The summed E-state index contributed by atoms with van der Waals surface area (Å²) in [4.78, 5) is 14.5. The number of hydrogen-bond donors (Lipinski definition) is 0. The average molecular weight is 279 g/mol. The Morgan fingerprint density at radius 1 is 1.55 bits per heavy atom. The van der Waals surface area contributed by atoms with Gasteiger partial charge in [-0.3, -0.25) is 9.48 Å². The van der Waals surface area contributed by atoms with Crippen LogP contribution in [0.25, 0.3) is 0 Å². The van der Waals surface area contributed by atoms with Crippen molar-refractivity contribution < 1.29 is 9.53 Å². The fraction of sp³-hybridized carbons (Fsp3) is 0.733. The zero-order valence-corrected chi connectivity index (χ0v) is 12.5. The number of carbonyl (C=O) groups excluding carboxylic acids is 1. The predicted octanol–water partition coefficient (Wildman–Crippen LogP) is 2.18. The summed E-state index contributed by atoms with van der Waals surface area (Å²) in [5.41, 5.74) is 0.713. The number of amides is 1. The minimum atomic E-state index is 0.126. The van der Waals surface area contributed by atoms with E-state index in [9.17, 15) is 4.79 Å².